The van der Waals surface area contributed by atoms with Crippen LogP contribution in [0.5, 0.6) is 0 Å². The van der Waals surface area contributed by atoms with Crippen LogP contribution in [0.25, 0.3) is 10.2 Å². The highest BCUT2D eigenvalue weighted by atomic mass is 32.1. The number of aryl methyl sites for hydroxylation is 2. The quantitative estimate of drug-likeness (QED) is 0.676. The number of thiophene rings is 1. The molecule has 5 heterocycles. The third-order valence-electron chi connectivity index (χ3n) is 6.55. The highest BCUT2D eigenvalue weighted by molar-refractivity contribution is 7.17. The van der Waals surface area contributed by atoms with Crippen LogP contribution >= 0.6 is 11.3 Å². The lowest BCUT2D eigenvalue weighted by atomic mass is 9.71. The molecule has 2 saturated heterocycles. The predicted octanol–water partition coefficient (Wildman–Crippen LogP) is 2.23. The lowest BCUT2D eigenvalue weighted by Gasteiger charge is -2.51. The Labute approximate surface area is 179 Å². The Balaban J connectivity index is 1.43. The molecular formula is C21H26N6O2S. The van der Waals surface area contributed by atoms with Gasteiger partial charge in [-0.05, 0) is 37.6 Å². The predicted molar refractivity (Wildman–Crippen MR) is 116 cm³/mol. The molecule has 2 atom stereocenters. The molecule has 0 aliphatic carbocycles. The summed E-state index contributed by atoms with van der Waals surface area (Å²) in [5, 5.41) is 17.4. The fourth-order valence-corrected chi connectivity index (χ4v) is 5.91. The third kappa shape index (κ3) is 3.16. The van der Waals surface area contributed by atoms with Gasteiger partial charge in [-0.2, -0.15) is 5.10 Å². The number of hydrogen-bond acceptors (Lipinski definition) is 7. The zero-order valence-electron chi connectivity index (χ0n) is 17.3. The Hall–Kier alpha value is -2.52. The number of hydrogen-bond donors (Lipinski definition) is 1. The minimum absolute atomic E-state index is 0.00619. The summed E-state index contributed by atoms with van der Waals surface area (Å²) >= 11 is 1.65. The first-order valence-corrected chi connectivity index (χ1v) is 11.3. The van der Waals surface area contributed by atoms with Gasteiger partial charge in [0.15, 0.2) is 0 Å². The van der Waals surface area contributed by atoms with E-state index < -0.39 is 6.10 Å². The highest BCUT2D eigenvalue weighted by Gasteiger charge is 2.47. The van der Waals surface area contributed by atoms with Gasteiger partial charge in [-0.3, -0.25) is 9.48 Å². The van der Waals surface area contributed by atoms with Crippen LogP contribution < -0.4 is 4.90 Å². The van der Waals surface area contributed by atoms with Crippen molar-refractivity contribution in [2.45, 2.75) is 32.3 Å². The lowest BCUT2D eigenvalue weighted by Crippen LogP contribution is -2.60. The minimum atomic E-state index is -0.431. The average Bonchev–Trinajstić information content (AvgIpc) is 3.35. The van der Waals surface area contributed by atoms with E-state index in [1.54, 1.807) is 28.5 Å². The van der Waals surface area contributed by atoms with Gasteiger partial charge in [0, 0.05) is 44.8 Å². The van der Waals surface area contributed by atoms with Crippen LogP contribution in [0, 0.1) is 12.3 Å². The first-order chi connectivity index (χ1) is 14.5. The number of fused-ring (bicyclic) bond motifs is 1. The number of aromatic nitrogens is 4. The molecule has 0 aromatic carbocycles. The summed E-state index contributed by atoms with van der Waals surface area (Å²) in [5.74, 6) is 0.944. The van der Waals surface area contributed by atoms with E-state index in [0.717, 1.165) is 41.1 Å². The van der Waals surface area contributed by atoms with Crippen LogP contribution in [0.2, 0.25) is 0 Å². The molecule has 1 N–H and O–H groups in total. The van der Waals surface area contributed by atoms with Crippen molar-refractivity contribution in [3.05, 3.63) is 35.2 Å². The molecule has 2 aliphatic rings. The number of piperidine rings is 2. The maximum atomic E-state index is 13.2. The van der Waals surface area contributed by atoms with Gasteiger partial charge in [0.25, 0.3) is 5.91 Å². The minimum Gasteiger partial charge on any atom is -0.392 e. The number of nitrogens with zero attached hydrogens (tertiary/aromatic N) is 6. The molecule has 158 valence electrons. The van der Waals surface area contributed by atoms with E-state index in [1.165, 1.54) is 0 Å². The molecule has 0 radical (unpaired) electrons. The summed E-state index contributed by atoms with van der Waals surface area (Å²) in [7, 11) is 1.83. The first kappa shape index (κ1) is 19.4. The number of aliphatic hydroxyl groups excluding tert-OH is 1. The van der Waals surface area contributed by atoms with E-state index in [9.17, 15) is 9.90 Å². The van der Waals surface area contributed by atoms with E-state index in [0.29, 0.717) is 31.6 Å². The molecular weight excluding hydrogens is 400 g/mol. The zero-order valence-corrected chi connectivity index (χ0v) is 18.1. The number of likely N-dealkylation sites (tertiary alicyclic amines) is 1. The van der Waals surface area contributed by atoms with E-state index in [1.807, 2.05) is 30.3 Å². The summed E-state index contributed by atoms with van der Waals surface area (Å²) in [6, 6.07) is 2.01. The molecule has 2 aliphatic heterocycles. The average molecular weight is 427 g/mol. The number of anilines is 1. The van der Waals surface area contributed by atoms with Crippen LogP contribution in [0.4, 0.5) is 5.82 Å². The summed E-state index contributed by atoms with van der Waals surface area (Å²) in [4.78, 5) is 26.3. The van der Waals surface area contributed by atoms with Gasteiger partial charge in [-0.25, -0.2) is 9.97 Å². The Morgan fingerprint density at radius 2 is 2.17 bits per heavy atom. The molecule has 30 heavy (non-hydrogen) atoms. The van der Waals surface area contributed by atoms with Gasteiger partial charge < -0.3 is 14.9 Å². The lowest BCUT2D eigenvalue weighted by molar-refractivity contribution is -0.0362. The molecule has 2 fully saturated rings. The summed E-state index contributed by atoms with van der Waals surface area (Å²) in [6.45, 7) is 4.57. The molecule has 1 amide bonds. The molecule has 3 aromatic rings. The monoisotopic (exact) mass is 426 g/mol. The Bertz CT molecular complexity index is 1090. The van der Waals surface area contributed by atoms with Crippen LogP contribution in [0.15, 0.2) is 24.0 Å². The van der Waals surface area contributed by atoms with Crippen molar-refractivity contribution in [2.75, 3.05) is 31.1 Å². The van der Waals surface area contributed by atoms with Crippen molar-refractivity contribution >= 4 is 33.3 Å². The van der Waals surface area contributed by atoms with E-state index in [4.69, 9.17) is 0 Å². The SMILES string of the molecule is Cc1nn(C)cc1C(=O)N1CCC[C@]2(C1)CN(c1ncnc3ccsc13)CC[C@H]2O. The van der Waals surface area contributed by atoms with Crippen LogP contribution in [-0.4, -0.2) is 67.9 Å². The Morgan fingerprint density at radius 3 is 2.97 bits per heavy atom. The summed E-state index contributed by atoms with van der Waals surface area (Å²) in [6.07, 6.45) is 5.43. The fourth-order valence-electron chi connectivity index (χ4n) is 5.05. The second kappa shape index (κ2) is 7.31. The summed E-state index contributed by atoms with van der Waals surface area (Å²) < 4.78 is 2.76. The van der Waals surface area contributed by atoms with Crippen molar-refractivity contribution < 1.29 is 9.90 Å². The van der Waals surface area contributed by atoms with E-state index in [-0.39, 0.29) is 11.3 Å². The van der Waals surface area contributed by atoms with Gasteiger partial charge >= 0.3 is 0 Å². The Morgan fingerprint density at radius 1 is 1.30 bits per heavy atom. The van der Waals surface area contributed by atoms with Crippen molar-refractivity contribution in [3.8, 4) is 0 Å². The molecule has 0 unspecified atom stereocenters. The van der Waals surface area contributed by atoms with Gasteiger partial charge in [0.1, 0.15) is 12.1 Å². The maximum absolute atomic E-state index is 13.2. The van der Waals surface area contributed by atoms with Gasteiger partial charge in [-0.1, -0.05) is 0 Å². The zero-order chi connectivity index (χ0) is 20.9. The molecule has 9 heteroatoms. The third-order valence-corrected chi connectivity index (χ3v) is 7.45. The highest BCUT2D eigenvalue weighted by Crippen LogP contribution is 2.41. The van der Waals surface area contributed by atoms with Gasteiger partial charge in [-0.15, -0.1) is 11.3 Å². The number of aliphatic hydroxyl groups is 1. The maximum Gasteiger partial charge on any atom is 0.257 e. The smallest absolute Gasteiger partial charge is 0.257 e. The molecule has 3 aromatic heterocycles. The van der Waals surface area contributed by atoms with Crippen LogP contribution in [0.1, 0.15) is 35.3 Å². The van der Waals surface area contributed by atoms with Crippen molar-refractivity contribution in [1.29, 1.82) is 0 Å². The largest absolute Gasteiger partial charge is 0.392 e. The number of carbonyl (C=O) groups excluding carboxylic acids is 1. The van der Waals surface area contributed by atoms with Crippen LogP contribution in [0.3, 0.4) is 0 Å². The van der Waals surface area contributed by atoms with E-state index in [2.05, 4.69) is 20.0 Å². The van der Waals surface area contributed by atoms with Crippen molar-refractivity contribution in [3.63, 3.8) is 0 Å². The standard InChI is InChI=1S/C21H26N6O2S/c1-14-15(10-25(2)24-14)20(29)27-7-3-6-21(12-27)11-26(8-4-17(21)28)19-18-16(5-9-30-18)22-13-23-19/h5,9-10,13,17,28H,3-4,6-8,11-12H2,1-2H3/t17-,21-/m1/s1. The number of carbonyl (C=O) groups is 1. The molecule has 5 rings (SSSR count). The van der Waals surface area contributed by atoms with Gasteiger partial charge in [0.2, 0.25) is 0 Å². The normalized spacial score (nSPS) is 24.7. The first-order valence-electron chi connectivity index (χ1n) is 10.4. The Kier molecular flexibility index (Phi) is 4.74. The van der Waals surface area contributed by atoms with Gasteiger partial charge in [0.05, 0.1) is 27.6 Å². The molecule has 0 saturated carbocycles. The second-order valence-corrected chi connectivity index (χ2v) is 9.47. The molecule has 1 spiro atoms. The number of rotatable bonds is 2. The van der Waals surface area contributed by atoms with E-state index >= 15 is 0 Å². The number of amides is 1. The summed E-state index contributed by atoms with van der Waals surface area (Å²) in [5.41, 5.74) is 2.00. The molecule has 0 bridgehead atoms. The van der Waals surface area contributed by atoms with Crippen LogP contribution in [-0.2, 0) is 7.05 Å². The fraction of sp³-hybridized carbons (Fsp3) is 0.524. The van der Waals surface area contributed by atoms with Crippen molar-refractivity contribution in [2.24, 2.45) is 12.5 Å². The second-order valence-electron chi connectivity index (χ2n) is 8.55. The molecule has 8 nitrogen and oxygen atoms in total. The topological polar surface area (TPSA) is 87.4 Å². The van der Waals surface area contributed by atoms with Crippen molar-refractivity contribution in [1.82, 2.24) is 24.6 Å².